The highest BCUT2D eigenvalue weighted by Gasteiger charge is 2.16. The van der Waals surface area contributed by atoms with Crippen LogP contribution in [0.3, 0.4) is 0 Å². The Morgan fingerprint density at radius 1 is 0.245 bits per heavy atom. The zero-order valence-corrected chi connectivity index (χ0v) is 62.2. The van der Waals surface area contributed by atoms with E-state index in [1.54, 1.807) is 0 Å². The smallest absolute Gasteiger partial charge is 0.306 e. The maximum Gasteiger partial charge on any atom is 0.306 e. The summed E-state index contributed by atoms with van der Waals surface area (Å²) in [7, 11) is 0. The highest BCUT2D eigenvalue weighted by Crippen LogP contribution is 2.19. The van der Waals surface area contributed by atoms with Gasteiger partial charge in [-0.2, -0.15) is 0 Å². The quantitative estimate of drug-likeness (QED) is 0.0373. The fraction of sp³-hybridized carbons (Fsp3) is 0.730. The van der Waals surface area contributed by atoms with Gasteiger partial charge in [-0.1, -0.05) is 411 Å². The molecule has 0 heterocycles. The highest BCUT2D eigenvalue weighted by atomic mass is 16.6. The summed E-state index contributed by atoms with van der Waals surface area (Å²) in [5.74, 6) is -0.571. The molecule has 0 rings (SSSR count). The predicted molar refractivity (Wildman–Crippen MR) is 417 cm³/mol. The van der Waals surface area contributed by atoms with E-state index in [4.69, 9.17) is 9.47 Å². The van der Waals surface area contributed by atoms with Crippen LogP contribution in [0.4, 0.5) is 0 Å². The lowest BCUT2D eigenvalue weighted by Gasteiger charge is -2.15. The summed E-state index contributed by atoms with van der Waals surface area (Å²) in [5.41, 5.74) is 0. The minimum Gasteiger partial charge on any atom is -0.462 e. The van der Waals surface area contributed by atoms with Crippen LogP contribution >= 0.6 is 0 Å². The van der Waals surface area contributed by atoms with Gasteiger partial charge in [0.2, 0.25) is 0 Å². The average molecular weight is 1300 g/mol. The van der Waals surface area contributed by atoms with Crippen molar-refractivity contribution in [2.75, 3.05) is 13.2 Å². The van der Waals surface area contributed by atoms with Gasteiger partial charge in [0.05, 0.1) is 6.61 Å². The van der Waals surface area contributed by atoms with Crippen molar-refractivity contribution in [3.05, 3.63) is 134 Å². The maximum absolute atomic E-state index is 12.4. The highest BCUT2D eigenvalue weighted by molar-refractivity contribution is 5.70. The van der Waals surface area contributed by atoms with Gasteiger partial charge in [0.15, 0.2) is 6.10 Å². The van der Waals surface area contributed by atoms with Crippen molar-refractivity contribution in [2.24, 2.45) is 0 Å². The minimum atomic E-state index is -0.776. The Morgan fingerprint density at radius 3 is 0.638 bits per heavy atom. The van der Waals surface area contributed by atoms with E-state index in [2.05, 4.69) is 148 Å². The van der Waals surface area contributed by atoms with E-state index in [-0.39, 0.29) is 25.2 Å². The third-order valence-corrected chi connectivity index (χ3v) is 17.9. The lowest BCUT2D eigenvalue weighted by Crippen LogP contribution is -2.28. The van der Waals surface area contributed by atoms with Crippen molar-refractivity contribution in [1.82, 2.24) is 0 Å². The first kappa shape index (κ1) is 90.0. The van der Waals surface area contributed by atoms with E-state index in [9.17, 15) is 14.7 Å². The first-order valence-electron chi connectivity index (χ1n) is 40.7. The molecule has 0 aliphatic carbocycles. The van der Waals surface area contributed by atoms with Gasteiger partial charge in [0.25, 0.3) is 0 Å². The summed E-state index contributed by atoms with van der Waals surface area (Å²) in [5, 5.41) is 9.74. The van der Waals surface area contributed by atoms with E-state index in [0.29, 0.717) is 12.8 Å². The summed E-state index contributed by atoms with van der Waals surface area (Å²) in [6.07, 6.45) is 124. The largest absolute Gasteiger partial charge is 0.462 e. The zero-order chi connectivity index (χ0) is 67.5. The van der Waals surface area contributed by atoms with E-state index in [0.717, 1.165) is 109 Å². The molecule has 0 bridgehead atoms. The summed E-state index contributed by atoms with van der Waals surface area (Å²) in [4.78, 5) is 24.7. The number of carbonyl (C=O) groups excluding carboxylic acids is 2. The van der Waals surface area contributed by atoms with Crippen molar-refractivity contribution in [2.45, 2.75) is 405 Å². The van der Waals surface area contributed by atoms with Crippen molar-refractivity contribution in [3.63, 3.8) is 0 Å². The van der Waals surface area contributed by atoms with Gasteiger partial charge in [0.1, 0.15) is 6.61 Å². The van der Waals surface area contributed by atoms with Crippen LogP contribution in [0.1, 0.15) is 399 Å². The predicted octanol–water partition coefficient (Wildman–Crippen LogP) is 29.0. The van der Waals surface area contributed by atoms with Crippen molar-refractivity contribution in [3.8, 4) is 0 Å². The number of hydrogen-bond donors (Lipinski definition) is 1. The Bertz CT molecular complexity index is 1870. The van der Waals surface area contributed by atoms with E-state index in [1.807, 2.05) is 0 Å². The molecule has 0 aromatic carbocycles. The van der Waals surface area contributed by atoms with Crippen LogP contribution in [-0.4, -0.2) is 36.4 Å². The van der Waals surface area contributed by atoms with Gasteiger partial charge in [-0.15, -0.1) is 0 Å². The molecule has 0 aliphatic rings. The summed E-state index contributed by atoms with van der Waals surface area (Å²) >= 11 is 0. The zero-order valence-electron chi connectivity index (χ0n) is 62.2. The average Bonchev–Trinajstić information content (AvgIpc) is 3.77. The van der Waals surface area contributed by atoms with Gasteiger partial charge in [-0.3, -0.25) is 9.59 Å². The number of ether oxygens (including phenoxy) is 2. The Balaban J connectivity index is 3.41. The normalized spacial score (nSPS) is 12.9. The number of hydrogen-bond acceptors (Lipinski definition) is 5. The standard InChI is InChI=1S/C89H154O5/c1-3-5-7-9-11-13-15-17-19-21-23-25-27-29-31-33-35-37-39-41-43-44-46-48-50-52-54-56-58-60-62-64-66-68-70-72-74-76-78-80-82-84-89(92)94-87(85-90)86-93-88(91)83-81-79-77-75-73-71-69-67-65-63-61-59-57-55-53-51-49-47-45-42-40-38-36-34-32-30-28-26-24-22-20-18-16-14-12-10-8-6-4-2/h5-8,11-14,17-20,23-26,29-32,35,37,87,90H,3-4,9-10,15-16,21-22,27-28,33-34,36,38-86H2,1-2H3/b7-5-,8-6-,13-11-,14-12-,19-17-,20-18-,25-23-,26-24-,31-29-,32-30-,37-35-. The Labute approximate surface area is 585 Å². The van der Waals surface area contributed by atoms with Gasteiger partial charge in [0, 0.05) is 12.8 Å². The first-order valence-corrected chi connectivity index (χ1v) is 40.7. The summed E-state index contributed by atoms with van der Waals surface area (Å²) < 4.78 is 10.8. The molecule has 1 N–H and O–H groups in total. The number of esters is 2. The van der Waals surface area contributed by atoms with Gasteiger partial charge in [-0.25, -0.2) is 0 Å². The van der Waals surface area contributed by atoms with Crippen LogP contribution in [0.25, 0.3) is 0 Å². The maximum atomic E-state index is 12.4. The third-order valence-electron chi connectivity index (χ3n) is 17.9. The monoisotopic (exact) mass is 1300 g/mol. The van der Waals surface area contributed by atoms with Crippen molar-refractivity contribution >= 4 is 11.9 Å². The van der Waals surface area contributed by atoms with Crippen LogP contribution in [0.2, 0.25) is 0 Å². The molecule has 0 aromatic heterocycles. The van der Waals surface area contributed by atoms with Gasteiger partial charge < -0.3 is 14.6 Å². The lowest BCUT2D eigenvalue weighted by molar-refractivity contribution is -0.161. The van der Waals surface area contributed by atoms with Crippen LogP contribution in [0.15, 0.2) is 134 Å². The molecule has 0 radical (unpaired) electrons. The second-order valence-corrected chi connectivity index (χ2v) is 27.1. The number of rotatable bonds is 75. The fourth-order valence-corrected chi connectivity index (χ4v) is 11.9. The molecular weight excluding hydrogens is 1150 g/mol. The number of allylic oxidation sites excluding steroid dienone is 22. The second kappa shape index (κ2) is 83.3. The number of aliphatic hydroxyl groups is 1. The molecule has 0 amide bonds. The summed E-state index contributed by atoms with van der Waals surface area (Å²) in [6, 6.07) is 0. The second-order valence-electron chi connectivity index (χ2n) is 27.1. The number of unbranched alkanes of at least 4 members (excludes halogenated alkanes) is 45. The van der Waals surface area contributed by atoms with Crippen LogP contribution < -0.4 is 0 Å². The molecule has 94 heavy (non-hydrogen) atoms. The van der Waals surface area contributed by atoms with E-state index in [1.165, 1.54) is 263 Å². The fourth-order valence-electron chi connectivity index (χ4n) is 11.9. The van der Waals surface area contributed by atoms with Crippen LogP contribution in [0, 0.1) is 0 Å². The van der Waals surface area contributed by atoms with E-state index >= 15 is 0 Å². The molecule has 0 aromatic rings. The molecule has 5 heteroatoms. The Kier molecular flexibility index (Phi) is 79.8. The van der Waals surface area contributed by atoms with Crippen LogP contribution in [0.5, 0.6) is 0 Å². The molecule has 0 saturated carbocycles. The molecule has 5 nitrogen and oxygen atoms in total. The first-order chi connectivity index (χ1) is 46.6. The minimum absolute atomic E-state index is 0.0638. The third kappa shape index (κ3) is 80.5. The molecule has 540 valence electrons. The molecular formula is C89H154O5. The molecule has 0 aliphatic heterocycles. The Hall–Kier alpha value is -3.96. The van der Waals surface area contributed by atoms with E-state index < -0.39 is 6.10 Å². The number of carbonyl (C=O) groups is 2. The molecule has 0 spiro atoms. The van der Waals surface area contributed by atoms with Crippen LogP contribution in [-0.2, 0) is 19.1 Å². The van der Waals surface area contributed by atoms with Gasteiger partial charge in [-0.05, 0) is 109 Å². The number of aliphatic hydroxyl groups excluding tert-OH is 1. The molecule has 0 fully saturated rings. The topological polar surface area (TPSA) is 72.8 Å². The lowest BCUT2D eigenvalue weighted by atomic mass is 10.0. The van der Waals surface area contributed by atoms with Crippen molar-refractivity contribution < 1.29 is 24.2 Å². The molecule has 1 atom stereocenters. The summed E-state index contributed by atoms with van der Waals surface area (Å²) in [6.45, 7) is 3.95. The SMILES string of the molecule is CC/C=C\C/C=C\C/C=C\C/C=C\C/C=C\C/C=C\CCCCCCCCCCCCCCCCCCCCCCCCC(=O)OC(CO)COC(=O)CCCCCCCCCCCCCCCCCCCCCCCCC/C=C\C/C=C\C/C=C\C/C=C\C/C=C\CC. The van der Waals surface area contributed by atoms with Gasteiger partial charge >= 0.3 is 11.9 Å². The van der Waals surface area contributed by atoms with Crippen molar-refractivity contribution in [1.29, 1.82) is 0 Å². The molecule has 1 unspecified atom stereocenters. The Morgan fingerprint density at radius 2 is 0.426 bits per heavy atom. The molecule has 0 saturated heterocycles.